The molecule has 156 valence electrons. The Morgan fingerprint density at radius 2 is 2.13 bits per heavy atom. The van der Waals surface area contributed by atoms with Crippen LogP contribution in [-0.4, -0.2) is 16.7 Å². The summed E-state index contributed by atoms with van der Waals surface area (Å²) in [5.74, 6) is 0.323. The summed E-state index contributed by atoms with van der Waals surface area (Å²) >= 11 is 3.48. The van der Waals surface area contributed by atoms with Crippen molar-refractivity contribution < 1.29 is 9.47 Å². The molecule has 0 radical (unpaired) electrons. The topological polar surface area (TPSA) is 103 Å². The second-order valence-corrected chi connectivity index (χ2v) is 7.95. The molecule has 31 heavy (non-hydrogen) atoms. The summed E-state index contributed by atoms with van der Waals surface area (Å²) in [6.45, 7) is 2.13. The summed E-state index contributed by atoms with van der Waals surface area (Å²) in [6, 6.07) is 14.9. The number of aromatic nitrogens is 2. The van der Waals surface area contributed by atoms with Crippen LogP contribution in [0.4, 0.5) is 0 Å². The number of hydrogen-bond donors (Lipinski definition) is 1. The zero-order chi connectivity index (χ0) is 22.1. The van der Waals surface area contributed by atoms with Gasteiger partial charge in [0.1, 0.15) is 23.1 Å². The van der Waals surface area contributed by atoms with Gasteiger partial charge in [-0.2, -0.15) is 5.26 Å². The number of benzene rings is 1. The predicted molar refractivity (Wildman–Crippen MR) is 119 cm³/mol. The molecule has 8 heteroatoms. The first-order valence-corrected chi connectivity index (χ1v) is 10.3. The SMILES string of the molecule is COc1ccc([C@H]2C(C#N)=C(N)Oc3cc(C)n(Cc4ccccn4)c(=O)c32)cc1Br. The van der Waals surface area contributed by atoms with E-state index in [9.17, 15) is 10.1 Å². The number of nitrogens with zero attached hydrogens (tertiary/aromatic N) is 3. The van der Waals surface area contributed by atoms with Crippen LogP contribution in [0.2, 0.25) is 0 Å². The molecule has 1 atom stereocenters. The van der Waals surface area contributed by atoms with Crippen LogP contribution in [0.1, 0.15) is 28.4 Å². The molecule has 2 aromatic heterocycles. The quantitative estimate of drug-likeness (QED) is 0.614. The van der Waals surface area contributed by atoms with Crippen LogP contribution in [0.3, 0.4) is 0 Å². The van der Waals surface area contributed by atoms with Crippen molar-refractivity contribution in [1.29, 1.82) is 5.26 Å². The number of rotatable bonds is 4. The zero-order valence-corrected chi connectivity index (χ0v) is 18.5. The first-order valence-electron chi connectivity index (χ1n) is 9.49. The average molecular weight is 479 g/mol. The fourth-order valence-electron chi connectivity index (χ4n) is 3.73. The molecule has 1 aliphatic rings. The van der Waals surface area contributed by atoms with Gasteiger partial charge in [-0.25, -0.2) is 0 Å². The fourth-order valence-corrected chi connectivity index (χ4v) is 4.29. The summed E-state index contributed by atoms with van der Waals surface area (Å²) in [6.07, 6.45) is 1.69. The number of aryl methyl sites for hydroxylation is 1. The lowest BCUT2D eigenvalue weighted by Crippen LogP contribution is -2.33. The van der Waals surface area contributed by atoms with Gasteiger partial charge in [-0.3, -0.25) is 9.78 Å². The van der Waals surface area contributed by atoms with Gasteiger partial charge >= 0.3 is 0 Å². The van der Waals surface area contributed by atoms with E-state index in [1.54, 1.807) is 30.0 Å². The number of methoxy groups -OCH3 is 1. The standard InChI is InChI=1S/C23H19BrN4O3/c1-13-9-19-21(23(29)28(13)12-15-5-3-4-8-27-15)20(16(11-25)22(26)31-19)14-6-7-18(30-2)17(24)10-14/h3-10,20H,12,26H2,1-2H3/t20-/m0/s1. The van der Waals surface area contributed by atoms with E-state index in [0.717, 1.165) is 11.3 Å². The molecule has 2 N–H and O–H groups in total. The van der Waals surface area contributed by atoms with E-state index in [2.05, 4.69) is 27.0 Å². The number of nitrogens with two attached hydrogens (primary N) is 1. The van der Waals surface area contributed by atoms with Gasteiger partial charge in [-0.05, 0) is 52.7 Å². The van der Waals surface area contributed by atoms with Crippen LogP contribution >= 0.6 is 15.9 Å². The van der Waals surface area contributed by atoms with Crippen molar-refractivity contribution in [3.05, 3.63) is 97.5 Å². The van der Waals surface area contributed by atoms with Gasteiger partial charge in [0, 0.05) is 18.0 Å². The molecular formula is C23H19BrN4O3. The van der Waals surface area contributed by atoms with E-state index in [1.165, 1.54) is 0 Å². The van der Waals surface area contributed by atoms with Gasteiger partial charge in [-0.1, -0.05) is 12.1 Å². The summed E-state index contributed by atoms with van der Waals surface area (Å²) in [7, 11) is 1.57. The molecule has 0 bridgehead atoms. The minimum atomic E-state index is -0.668. The minimum Gasteiger partial charge on any atom is -0.496 e. The number of ether oxygens (including phenoxy) is 2. The second-order valence-electron chi connectivity index (χ2n) is 7.09. The first kappa shape index (κ1) is 20.7. The van der Waals surface area contributed by atoms with E-state index < -0.39 is 5.92 Å². The molecule has 0 aliphatic carbocycles. The van der Waals surface area contributed by atoms with E-state index in [4.69, 9.17) is 15.2 Å². The minimum absolute atomic E-state index is 0.00628. The monoisotopic (exact) mass is 478 g/mol. The maximum Gasteiger partial charge on any atom is 0.259 e. The first-order chi connectivity index (χ1) is 14.9. The van der Waals surface area contributed by atoms with Crippen LogP contribution < -0.4 is 20.8 Å². The van der Waals surface area contributed by atoms with E-state index in [1.807, 2.05) is 37.3 Å². The highest BCUT2D eigenvalue weighted by atomic mass is 79.9. The zero-order valence-electron chi connectivity index (χ0n) is 16.9. The summed E-state index contributed by atoms with van der Waals surface area (Å²) < 4.78 is 13.3. The number of hydrogen-bond acceptors (Lipinski definition) is 6. The molecule has 1 aliphatic heterocycles. The van der Waals surface area contributed by atoms with Gasteiger partial charge in [0.2, 0.25) is 5.88 Å². The van der Waals surface area contributed by atoms with Crippen molar-refractivity contribution in [3.63, 3.8) is 0 Å². The highest BCUT2D eigenvalue weighted by Crippen LogP contribution is 2.42. The Labute approximate surface area is 187 Å². The molecule has 3 heterocycles. The Balaban J connectivity index is 1.93. The molecule has 3 aromatic rings. The number of nitriles is 1. The summed E-state index contributed by atoms with van der Waals surface area (Å²) in [5, 5.41) is 9.82. The highest BCUT2D eigenvalue weighted by molar-refractivity contribution is 9.10. The third-order valence-electron chi connectivity index (χ3n) is 5.25. The van der Waals surface area contributed by atoms with Gasteiger partial charge in [0.15, 0.2) is 0 Å². The summed E-state index contributed by atoms with van der Waals surface area (Å²) in [5.41, 5.74) is 8.55. The van der Waals surface area contributed by atoms with Gasteiger partial charge < -0.3 is 19.8 Å². The lowest BCUT2D eigenvalue weighted by Gasteiger charge is -2.27. The Morgan fingerprint density at radius 1 is 1.32 bits per heavy atom. The third-order valence-corrected chi connectivity index (χ3v) is 5.87. The molecule has 0 fully saturated rings. The molecule has 7 nitrogen and oxygen atoms in total. The second kappa shape index (κ2) is 8.28. The molecule has 0 unspecified atom stereocenters. The van der Waals surface area contributed by atoms with Crippen molar-refractivity contribution >= 4 is 15.9 Å². The number of allylic oxidation sites excluding steroid dienone is 1. The van der Waals surface area contributed by atoms with Gasteiger partial charge in [0.05, 0.1) is 35.3 Å². The lowest BCUT2D eigenvalue weighted by molar-refractivity contribution is 0.388. The Bertz CT molecular complexity index is 1290. The number of fused-ring (bicyclic) bond motifs is 1. The maximum atomic E-state index is 13.6. The van der Waals surface area contributed by atoms with Crippen molar-refractivity contribution in [2.45, 2.75) is 19.4 Å². The van der Waals surface area contributed by atoms with Crippen molar-refractivity contribution in [1.82, 2.24) is 9.55 Å². The Morgan fingerprint density at radius 3 is 2.77 bits per heavy atom. The van der Waals surface area contributed by atoms with Crippen LogP contribution in [0, 0.1) is 18.3 Å². The average Bonchev–Trinajstić information content (AvgIpc) is 2.76. The van der Waals surface area contributed by atoms with Crippen LogP contribution in [0.25, 0.3) is 0 Å². The van der Waals surface area contributed by atoms with Crippen molar-refractivity contribution in [2.75, 3.05) is 7.11 Å². The smallest absolute Gasteiger partial charge is 0.259 e. The Hall–Kier alpha value is -3.57. The molecular weight excluding hydrogens is 460 g/mol. The predicted octanol–water partition coefficient (Wildman–Crippen LogP) is 3.59. The molecule has 0 amide bonds. The maximum absolute atomic E-state index is 13.6. The highest BCUT2D eigenvalue weighted by Gasteiger charge is 2.34. The van der Waals surface area contributed by atoms with Crippen molar-refractivity contribution in [3.8, 4) is 17.6 Å². The molecule has 4 rings (SSSR count). The van der Waals surface area contributed by atoms with Crippen molar-refractivity contribution in [2.24, 2.45) is 5.73 Å². The lowest BCUT2D eigenvalue weighted by atomic mass is 9.84. The van der Waals surface area contributed by atoms with Crippen LogP contribution in [0.15, 0.2) is 69.4 Å². The van der Waals surface area contributed by atoms with Crippen LogP contribution in [-0.2, 0) is 6.54 Å². The largest absolute Gasteiger partial charge is 0.496 e. The molecule has 1 aromatic carbocycles. The number of pyridine rings is 2. The van der Waals surface area contributed by atoms with E-state index in [0.29, 0.717) is 33.8 Å². The Kier molecular flexibility index (Phi) is 5.53. The van der Waals surface area contributed by atoms with Crippen LogP contribution in [0.5, 0.6) is 11.5 Å². The van der Waals surface area contributed by atoms with Gasteiger partial charge in [-0.15, -0.1) is 0 Å². The molecule has 0 saturated heterocycles. The molecule has 0 spiro atoms. The number of halogens is 1. The summed E-state index contributed by atoms with van der Waals surface area (Å²) in [4.78, 5) is 18.0. The van der Waals surface area contributed by atoms with E-state index in [-0.39, 0.29) is 17.0 Å². The molecule has 0 saturated carbocycles. The fraction of sp³-hybridized carbons (Fsp3) is 0.174. The van der Waals surface area contributed by atoms with E-state index >= 15 is 0 Å². The van der Waals surface area contributed by atoms with Gasteiger partial charge in [0.25, 0.3) is 5.56 Å². The third kappa shape index (κ3) is 3.68. The normalized spacial score (nSPS) is 15.1.